The van der Waals surface area contributed by atoms with Gasteiger partial charge in [0, 0.05) is 19.3 Å². The van der Waals surface area contributed by atoms with E-state index < -0.39 is 6.10 Å². The van der Waals surface area contributed by atoms with E-state index in [2.05, 4.69) is 142 Å². The van der Waals surface area contributed by atoms with Crippen molar-refractivity contribution in [3.8, 4) is 0 Å². The molecule has 0 saturated carbocycles. The Bertz CT molecular complexity index is 1690. The first-order valence-corrected chi connectivity index (χ1v) is 34.5. The number of allylic oxidation sites excluding steroid dienone is 20. The highest BCUT2D eigenvalue weighted by Gasteiger charge is 2.19. The molecule has 0 fully saturated rings. The summed E-state index contributed by atoms with van der Waals surface area (Å²) >= 11 is 0. The van der Waals surface area contributed by atoms with Crippen molar-refractivity contribution in [2.45, 2.75) is 329 Å². The van der Waals surface area contributed by atoms with E-state index in [9.17, 15) is 14.4 Å². The Morgan fingerprint density at radius 1 is 0.256 bits per heavy atom. The van der Waals surface area contributed by atoms with Gasteiger partial charge in [0.25, 0.3) is 0 Å². The van der Waals surface area contributed by atoms with Crippen molar-refractivity contribution in [3.63, 3.8) is 0 Å². The molecule has 0 heterocycles. The largest absolute Gasteiger partial charge is 0.462 e. The van der Waals surface area contributed by atoms with Gasteiger partial charge in [-0.2, -0.15) is 0 Å². The third-order valence-corrected chi connectivity index (χ3v) is 14.7. The lowest BCUT2D eigenvalue weighted by molar-refractivity contribution is -0.167. The molecule has 0 aliphatic rings. The van der Waals surface area contributed by atoms with Crippen LogP contribution in [0.5, 0.6) is 0 Å². The average molecular weight is 1140 g/mol. The van der Waals surface area contributed by atoms with Crippen molar-refractivity contribution in [1.82, 2.24) is 0 Å². The average Bonchev–Trinajstić information content (AvgIpc) is 3.48. The van der Waals surface area contributed by atoms with Gasteiger partial charge in [0.15, 0.2) is 6.10 Å². The summed E-state index contributed by atoms with van der Waals surface area (Å²) in [5, 5.41) is 0. The molecule has 0 amide bonds. The van der Waals surface area contributed by atoms with Crippen molar-refractivity contribution < 1.29 is 28.6 Å². The molecule has 0 radical (unpaired) electrons. The zero-order valence-electron chi connectivity index (χ0n) is 53.7. The quantitative estimate of drug-likeness (QED) is 0.0261. The van der Waals surface area contributed by atoms with Crippen LogP contribution < -0.4 is 0 Å². The second kappa shape index (κ2) is 69.3. The van der Waals surface area contributed by atoms with Crippen LogP contribution in [0.1, 0.15) is 323 Å². The normalized spacial score (nSPS) is 12.9. The lowest BCUT2D eigenvalue weighted by Gasteiger charge is -2.18. The number of hydrogen-bond acceptors (Lipinski definition) is 6. The Morgan fingerprint density at radius 2 is 0.476 bits per heavy atom. The van der Waals surface area contributed by atoms with Crippen LogP contribution in [0.3, 0.4) is 0 Å². The second-order valence-corrected chi connectivity index (χ2v) is 22.7. The summed E-state index contributed by atoms with van der Waals surface area (Å²) in [6, 6.07) is 0. The lowest BCUT2D eigenvalue weighted by Crippen LogP contribution is -2.30. The first-order chi connectivity index (χ1) is 40.5. The molecular weight excluding hydrogens is 1010 g/mol. The van der Waals surface area contributed by atoms with Crippen LogP contribution in [-0.2, 0) is 28.6 Å². The summed E-state index contributed by atoms with van der Waals surface area (Å²) in [4.78, 5) is 38.3. The zero-order valence-corrected chi connectivity index (χ0v) is 53.7. The summed E-state index contributed by atoms with van der Waals surface area (Å²) in [6.07, 6.45) is 96.6. The minimum Gasteiger partial charge on any atom is -0.462 e. The molecular formula is C76H128O6. The topological polar surface area (TPSA) is 78.9 Å². The molecule has 0 aromatic rings. The maximum atomic E-state index is 12.9. The standard InChI is InChI=1S/C76H128O6/c1-4-7-10-13-16-19-22-24-26-28-30-32-34-36-37-38-39-41-42-44-46-48-50-52-54-57-60-63-66-69-75(78)81-72-73(71-80-74(77)68-65-62-59-56-21-18-15-12-9-6-3)82-76(79)70-67-64-61-58-55-53-51-49-47-45-43-40-35-33-31-29-27-25-23-20-17-14-11-8-5-2/h7-8,10-12,15-17,19-20,24-27,30-33,36-37,73H,4-6,9,13-14,18,21-23,28-29,34-35,38-72H2,1-3H3/b10-7-,11-8-,15-12-,19-16-,20-17-,26-24-,27-25-,32-30-,33-31-,37-36-. The van der Waals surface area contributed by atoms with Crippen molar-refractivity contribution in [3.05, 3.63) is 122 Å². The maximum Gasteiger partial charge on any atom is 0.306 e. The van der Waals surface area contributed by atoms with Gasteiger partial charge in [-0.3, -0.25) is 14.4 Å². The highest BCUT2D eigenvalue weighted by Crippen LogP contribution is 2.17. The van der Waals surface area contributed by atoms with E-state index >= 15 is 0 Å². The van der Waals surface area contributed by atoms with Gasteiger partial charge in [-0.15, -0.1) is 0 Å². The Balaban J connectivity index is 4.20. The molecule has 1 atom stereocenters. The van der Waals surface area contributed by atoms with Crippen LogP contribution in [0.25, 0.3) is 0 Å². The SMILES string of the molecule is CC/C=C\C/C=C\C/C=C\C/C=C\C/C=C\CCCCCCCCCCCCCCCC(=O)OCC(COC(=O)CCCCCCC/C=C\CCC)OC(=O)CCCCCCCCCCCCCC/C=C\C/C=C\C/C=C\C/C=C\CC. The summed E-state index contributed by atoms with van der Waals surface area (Å²) in [5.41, 5.74) is 0. The van der Waals surface area contributed by atoms with Gasteiger partial charge in [0.2, 0.25) is 0 Å². The van der Waals surface area contributed by atoms with Crippen molar-refractivity contribution >= 4 is 17.9 Å². The molecule has 0 bridgehead atoms. The number of esters is 3. The molecule has 6 nitrogen and oxygen atoms in total. The monoisotopic (exact) mass is 1140 g/mol. The minimum atomic E-state index is -0.785. The van der Waals surface area contributed by atoms with Gasteiger partial charge in [0.1, 0.15) is 13.2 Å². The Hall–Kier alpha value is -4.19. The highest BCUT2D eigenvalue weighted by molar-refractivity contribution is 5.71. The molecule has 0 aromatic heterocycles. The number of carbonyl (C=O) groups is 3. The molecule has 0 N–H and O–H groups in total. The predicted octanol–water partition coefficient (Wildman–Crippen LogP) is 23.9. The van der Waals surface area contributed by atoms with Crippen molar-refractivity contribution in [2.24, 2.45) is 0 Å². The molecule has 468 valence electrons. The van der Waals surface area contributed by atoms with Gasteiger partial charge in [-0.1, -0.05) is 303 Å². The van der Waals surface area contributed by atoms with E-state index in [1.165, 1.54) is 154 Å². The Labute approximate surface area is 507 Å². The maximum absolute atomic E-state index is 12.9. The Morgan fingerprint density at radius 3 is 0.756 bits per heavy atom. The van der Waals surface area contributed by atoms with Crippen LogP contribution in [0, 0.1) is 0 Å². The van der Waals surface area contributed by atoms with Crippen LogP contribution in [0.2, 0.25) is 0 Å². The zero-order chi connectivity index (χ0) is 59.2. The number of unbranched alkanes of at least 4 members (excludes halogenated alkanes) is 31. The van der Waals surface area contributed by atoms with Crippen LogP contribution in [0.4, 0.5) is 0 Å². The van der Waals surface area contributed by atoms with Gasteiger partial charge in [0.05, 0.1) is 0 Å². The van der Waals surface area contributed by atoms with E-state index in [4.69, 9.17) is 14.2 Å². The molecule has 0 saturated heterocycles. The van der Waals surface area contributed by atoms with E-state index in [-0.39, 0.29) is 31.1 Å². The van der Waals surface area contributed by atoms with Crippen LogP contribution in [-0.4, -0.2) is 37.2 Å². The molecule has 0 spiro atoms. The third kappa shape index (κ3) is 66.6. The third-order valence-electron chi connectivity index (χ3n) is 14.7. The first-order valence-electron chi connectivity index (χ1n) is 34.5. The summed E-state index contributed by atoms with van der Waals surface area (Å²) < 4.78 is 16.9. The number of rotatable bonds is 62. The fraction of sp³-hybridized carbons (Fsp3) is 0.697. The predicted molar refractivity (Wildman–Crippen MR) is 357 cm³/mol. The summed E-state index contributed by atoms with van der Waals surface area (Å²) in [6.45, 7) is 6.37. The molecule has 82 heavy (non-hydrogen) atoms. The Kier molecular flexibility index (Phi) is 65.8. The van der Waals surface area contributed by atoms with Crippen LogP contribution >= 0.6 is 0 Å². The van der Waals surface area contributed by atoms with Gasteiger partial charge in [-0.05, 0) is 122 Å². The van der Waals surface area contributed by atoms with Gasteiger partial charge in [-0.25, -0.2) is 0 Å². The number of hydrogen-bond donors (Lipinski definition) is 0. The lowest BCUT2D eigenvalue weighted by atomic mass is 10.0. The van der Waals surface area contributed by atoms with Crippen LogP contribution in [0.15, 0.2) is 122 Å². The highest BCUT2D eigenvalue weighted by atomic mass is 16.6. The second-order valence-electron chi connectivity index (χ2n) is 22.7. The van der Waals surface area contributed by atoms with E-state index in [1.807, 2.05) is 0 Å². The first kappa shape index (κ1) is 77.8. The summed E-state index contributed by atoms with van der Waals surface area (Å²) in [7, 11) is 0. The molecule has 6 heteroatoms. The fourth-order valence-electron chi connectivity index (χ4n) is 9.58. The fourth-order valence-corrected chi connectivity index (χ4v) is 9.58. The smallest absolute Gasteiger partial charge is 0.306 e. The molecule has 0 aliphatic heterocycles. The summed E-state index contributed by atoms with van der Waals surface area (Å²) in [5.74, 6) is -0.887. The molecule has 0 aliphatic carbocycles. The van der Waals surface area contributed by atoms with Gasteiger partial charge < -0.3 is 14.2 Å². The molecule has 0 rings (SSSR count). The van der Waals surface area contributed by atoms with Crippen molar-refractivity contribution in [2.75, 3.05) is 13.2 Å². The molecule has 1 unspecified atom stereocenters. The molecule has 0 aromatic carbocycles. The van der Waals surface area contributed by atoms with Gasteiger partial charge >= 0.3 is 17.9 Å². The number of ether oxygens (including phenoxy) is 3. The number of carbonyl (C=O) groups excluding carboxylic acids is 3. The van der Waals surface area contributed by atoms with Crippen molar-refractivity contribution in [1.29, 1.82) is 0 Å². The van der Waals surface area contributed by atoms with E-state index in [0.717, 1.165) is 128 Å². The van der Waals surface area contributed by atoms with E-state index in [0.29, 0.717) is 19.3 Å². The van der Waals surface area contributed by atoms with E-state index in [1.54, 1.807) is 0 Å². The minimum absolute atomic E-state index is 0.0817.